The molecule has 0 aromatic carbocycles. The van der Waals surface area contributed by atoms with Crippen molar-refractivity contribution in [2.24, 2.45) is 52.3 Å². The average Bonchev–Trinajstić information content (AvgIpc) is 3.05. The normalized spacial score (nSPS) is 46.0. The molecule has 0 spiro atoms. The highest BCUT2D eigenvalue weighted by atomic mass is 16.3. The zero-order chi connectivity index (χ0) is 21.8. The molecule has 0 bridgehead atoms. The minimum Gasteiger partial charge on any atom is -0.393 e. The molecule has 0 heterocycles. The molecule has 4 aliphatic carbocycles. The lowest BCUT2D eigenvalue weighted by Gasteiger charge is -2.57. The van der Waals surface area contributed by atoms with E-state index in [-0.39, 0.29) is 6.10 Å². The fourth-order valence-corrected chi connectivity index (χ4v) is 8.60. The molecule has 9 atom stereocenters. The summed E-state index contributed by atoms with van der Waals surface area (Å²) in [6.07, 6.45) is 15.4. The molecule has 1 nitrogen and oxygen atoms in total. The van der Waals surface area contributed by atoms with Gasteiger partial charge in [0.15, 0.2) is 0 Å². The van der Waals surface area contributed by atoms with Gasteiger partial charge in [0.25, 0.3) is 0 Å². The third-order valence-corrected chi connectivity index (χ3v) is 11.0. The van der Waals surface area contributed by atoms with Crippen LogP contribution in [0.1, 0.15) is 99.8 Å². The Bertz CT molecular complexity index is 701. The van der Waals surface area contributed by atoms with Crippen molar-refractivity contribution in [3.63, 3.8) is 0 Å². The third-order valence-electron chi connectivity index (χ3n) is 11.0. The number of rotatable bonds is 4. The summed E-state index contributed by atoms with van der Waals surface area (Å²) in [5, 5.41) is 10.3. The van der Waals surface area contributed by atoms with Crippen LogP contribution in [-0.2, 0) is 0 Å². The SMILES string of the molecule is CC(=C[C@@H](C)[C@H]1CC[C@H]2C3=CC[C@H]4C[C@@H](O)CC[C@]4(C)[C@H]3CC[C@]12C)[C@H](C)C(C)C. The largest absolute Gasteiger partial charge is 0.393 e. The van der Waals surface area contributed by atoms with Crippen molar-refractivity contribution in [3.05, 3.63) is 23.3 Å². The molecule has 0 aromatic heterocycles. The van der Waals surface area contributed by atoms with Gasteiger partial charge in [0.1, 0.15) is 0 Å². The van der Waals surface area contributed by atoms with Crippen LogP contribution < -0.4 is 0 Å². The molecule has 1 heteroatoms. The van der Waals surface area contributed by atoms with E-state index in [2.05, 4.69) is 60.6 Å². The number of fused-ring (bicyclic) bond motifs is 5. The van der Waals surface area contributed by atoms with Crippen LogP contribution in [0.5, 0.6) is 0 Å². The summed E-state index contributed by atoms with van der Waals surface area (Å²) in [7, 11) is 0. The van der Waals surface area contributed by atoms with Gasteiger partial charge in [0.2, 0.25) is 0 Å². The first-order chi connectivity index (χ1) is 14.1. The fourth-order valence-electron chi connectivity index (χ4n) is 8.60. The second-order valence-electron chi connectivity index (χ2n) is 12.7. The van der Waals surface area contributed by atoms with Gasteiger partial charge in [-0.3, -0.25) is 0 Å². The molecule has 0 aliphatic heterocycles. The summed E-state index contributed by atoms with van der Waals surface area (Å²) in [6.45, 7) is 17.2. The van der Waals surface area contributed by atoms with Gasteiger partial charge in [-0.05, 0) is 111 Å². The van der Waals surface area contributed by atoms with Gasteiger partial charge in [-0.1, -0.05) is 64.8 Å². The molecule has 0 saturated heterocycles. The Morgan fingerprint density at radius 3 is 2.37 bits per heavy atom. The predicted octanol–water partition coefficient (Wildman–Crippen LogP) is 7.80. The minimum absolute atomic E-state index is 0.0492. The number of hydrogen-bond acceptors (Lipinski definition) is 1. The van der Waals surface area contributed by atoms with Crippen molar-refractivity contribution in [2.45, 2.75) is 106 Å². The van der Waals surface area contributed by atoms with Crippen molar-refractivity contribution < 1.29 is 5.11 Å². The van der Waals surface area contributed by atoms with Gasteiger partial charge in [-0.2, -0.15) is 0 Å². The van der Waals surface area contributed by atoms with Crippen LogP contribution in [-0.4, -0.2) is 11.2 Å². The fraction of sp³-hybridized carbons (Fsp3) is 0.862. The van der Waals surface area contributed by atoms with Crippen molar-refractivity contribution in [1.29, 1.82) is 0 Å². The van der Waals surface area contributed by atoms with Gasteiger partial charge in [-0.15, -0.1) is 0 Å². The first-order valence-corrected chi connectivity index (χ1v) is 13.1. The predicted molar refractivity (Wildman–Crippen MR) is 128 cm³/mol. The molecule has 0 aromatic rings. The molecule has 4 aliphatic rings. The van der Waals surface area contributed by atoms with E-state index >= 15 is 0 Å². The van der Waals surface area contributed by atoms with Gasteiger partial charge < -0.3 is 5.11 Å². The van der Waals surface area contributed by atoms with Crippen LogP contribution in [0.15, 0.2) is 23.3 Å². The molecule has 30 heavy (non-hydrogen) atoms. The van der Waals surface area contributed by atoms with Crippen LogP contribution in [0.4, 0.5) is 0 Å². The Kier molecular flexibility index (Phi) is 6.10. The Morgan fingerprint density at radius 2 is 1.67 bits per heavy atom. The molecule has 0 radical (unpaired) electrons. The van der Waals surface area contributed by atoms with Gasteiger partial charge >= 0.3 is 0 Å². The lowest BCUT2D eigenvalue weighted by molar-refractivity contribution is -0.0414. The summed E-state index contributed by atoms with van der Waals surface area (Å²) < 4.78 is 0. The van der Waals surface area contributed by atoms with Crippen molar-refractivity contribution >= 4 is 0 Å². The Hall–Kier alpha value is -0.560. The van der Waals surface area contributed by atoms with E-state index in [1.807, 2.05) is 5.57 Å². The molecular formula is C29H48O. The van der Waals surface area contributed by atoms with E-state index in [4.69, 9.17) is 0 Å². The van der Waals surface area contributed by atoms with E-state index in [1.54, 1.807) is 5.57 Å². The second-order valence-corrected chi connectivity index (χ2v) is 12.7. The second kappa shape index (κ2) is 8.09. The van der Waals surface area contributed by atoms with Gasteiger partial charge in [0.05, 0.1) is 6.10 Å². The smallest absolute Gasteiger partial charge is 0.0543 e. The van der Waals surface area contributed by atoms with E-state index in [9.17, 15) is 5.11 Å². The van der Waals surface area contributed by atoms with E-state index in [1.165, 1.54) is 38.5 Å². The topological polar surface area (TPSA) is 20.2 Å². The quantitative estimate of drug-likeness (QED) is 0.467. The summed E-state index contributed by atoms with van der Waals surface area (Å²) >= 11 is 0. The zero-order valence-corrected chi connectivity index (χ0v) is 20.9. The van der Waals surface area contributed by atoms with Crippen LogP contribution in [0.2, 0.25) is 0 Å². The lowest BCUT2D eigenvalue weighted by Crippen LogP contribution is -2.49. The highest BCUT2D eigenvalue weighted by Gasteiger charge is 2.58. The maximum absolute atomic E-state index is 10.3. The monoisotopic (exact) mass is 412 g/mol. The van der Waals surface area contributed by atoms with Crippen LogP contribution in [0, 0.1) is 52.3 Å². The molecule has 1 N–H and O–H groups in total. The average molecular weight is 413 g/mol. The molecule has 4 rings (SSSR count). The summed E-state index contributed by atoms with van der Waals surface area (Å²) in [5.41, 5.74) is 4.38. The first kappa shape index (κ1) is 22.6. The Labute approximate surface area is 186 Å². The molecule has 0 unspecified atom stereocenters. The summed E-state index contributed by atoms with van der Waals surface area (Å²) in [6, 6.07) is 0. The first-order valence-electron chi connectivity index (χ1n) is 13.1. The number of aliphatic hydroxyl groups excluding tert-OH is 1. The highest BCUT2D eigenvalue weighted by molar-refractivity contribution is 5.28. The van der Waals surface area contributed by atoms with Crippen molar-refractivity contribution in [2.75, 3.05) is 0 Å². The summed E-state index contributed by atoms with van der Waals surface area (Å²) in [4.78, 5) is 0. The number of aliphatic hydroxyl groups is 1. The third kappa shape index (κ3) is 3.56. The lowest BCUT2D eigenvalue weighted by atomic mass is 9.47. The van der Waals surface area contributed by atoms with Gasteiger partial charge in [0, 0.05) is 0 Å². The van der Waals surface area contributed by atoms with Crippen LogP contribution in [0.25, 0.3) is 0 Å². The van der Waals surface area contributed by atoms with Gasteiger partial charge in [-0.25, -0.2) is 0 Å². The van der Waals surface area contributed by atoms with Crippen LogP contribution in [0.3, 0.4) is 0 Å². The van der Waals surface area contributed by atoms with E-state index < -0.39 is 0 Å². The Morgan fingerprint density at radius 1 is 1.00 bits per heavy atom. The number of allylic oxidation sites excluding steroid dienone is 4. The highest BCUT2D eigenvalue weighted by Crippen LogP contribution is 2.66. The molecule has 0 amide bonds. The van der Waals surface area contributed by atoms with E-state index in [0.717, 1.165) is 36.5 Å². The minimum atomic E-state index is -0.0492. The van der Waals surface area contributed by atoms with Crippen LogP contribution >= 0.6 is 0 Å². The maximum atomic E-state index is 10.3. The van der Waals surface area contributed by atoms with Crippen molar-refractivity contribution in [3.8, 4) is 0 Å². The molecule has 170 valence electrons. The Balaban J connectivity index is 1.56. The molecular weight excluding hydrogens is 364 g/mol. The van der Waals surface area contributed by atoms with Crippen molar-refractivity contribution in [1.82, 2.24) is 0 Å². The maximum Gasteiger partial charge on any atom is 0.0543 e. The van der Waals surface area contributed by atoms with E-state index in [0.29, 0.717) is 28.6 Å². The standard InChI is InChI=1S/C29H48O/c1-18(2)21(5)19(3)16-20(4)25-10-11-26-24-9-8-22-17-23(30)12-14-28(22,6)27(24)13-15-29(25,26)7/h9,16,18,20-23,25-27,30H,8,10-15,17H2,1-7H3/t20-,21-,22+,23+,25-,26+,27+,28+,29-/m1/s1. The molecule has 3 saturated carbocycles. The zero-order valence-electron chi connectivity index (χ0n) is 20.9. The summed E-state index contributed by atoms with van der Waals surface area (Å²) in [5.74, 6) is 5.24. The number of hydrogen-bond donors (Lipinski definition) is 1. The molecule has 3 fully saturated rings.